The Kier molecular flexibility index (Phi) is 6.79. The van der Waals surface area contributed by atoms with E-state index in [1.165, 1.54) is 11.8 Å². The van der Waals surface area contributed by atoms with Crippen molar-refractivity contribution in [2.45, 2.75) is 0 Å². The van der Waals surface area contributed by atoms with Crippen molar-refractivity contribution in [1.82, 2.24) is 19.9 Å². The van der Waals surface area contributed by atoms with Crippen LogP contribution in [0.4, 0.5) is 23.0 Å². The zero-order valence-electron chi connectivity index (χ0n) is 19.9. The minimum absolute atomic E-state index is 0.302. The molecule has 0 unspecified atom stereocenters. The van der Waals surface area contributed by atoms with Crippen LogP contribution in [0.1, 0.15) is 0 Å². The lowest BCUT2D eigenvalue weighted by atomic mass is 10.1. The molecular weight excluding hydrogens is 474 g/mol. The second-order valence-electron chi connectivity index (χ2n) is 8.64. The SMILES string of the molecule is C=CC(=O)Nc1ccnc(-c2c(Cl)ccc3cnc(Nc4ccc(N5CCN(C)CC5)cc4)nc23)c1. The first-order valence-corrected chi connectivity index (χ1v) is 12.0. The van der Waals surface area contributed by atoms with Gasteiger partial charge in [0.2, 0.25) is 11.9 Å². The average Bonchev–Trinajstić information content (AvgIpc) is 2.89. The number of rotatable bonds is 6. The summed E-state index contributed by atoms with van der Waals surface area (Å²) in [6.45, 7) is 7.66. The van der Waals surface area contributed by atoms with Crippen molar-refractivity contribution in [1.29, 1.82) is 0 Å². The van der Waals surface area contributed by atoms with Crippen LogP contribution in [0.25, 0.3) is 22.2 Å². The summed E-state index contributed by atoms with van der Waals surface area (Å²) in [5.74, 6) is 0.151. The molecule has 3 heterocycles. The second-order valence-corrected chi connectivity index (χ2v) is 9.05. The Morgan fingerprint density at radius 2 is 1.81 bits per heavy atom. The molecule has 36 heavy (non-hydrogen) atoms. The molecule has 8 nitrogen and oxygen atoms in total. The van der Waals surface area contributed by atoms with Crippen LogP contribution in [0.5, 0.6) is 0 Å². The van der Waals surface area contributed by atoms with E-state index in [1.807, 2.05) is 18.2 Å². The van der Waals surface area contributed by atoms with Gasteiger partial charge in [-0.25, -0.2) is 9.97 Å². The van der Waals surface area contributed by atoms with Gasteiger partial charge >= 0.3 is 0 Å². The molecule has 0 aliphatic carbocycles. The maximum absolute atomic E-state index is 11.7. The molecule has 0 bridgehead atoms. The fourth-order valence-corrected chi connectivity index (χ4v) is 4.41. The number of carbonyl (C=O) groups is 1. The van der Waals surface area contributed by atoms with Crippen molar-refractivity contribution >= 4 is 51.4 Å². The summed E-state index contributed by atoms with van der Waals surface area (Å²) in [4.78, 5) is 30.2. The van der Waals surface area contributed by atoms with Crippen LogP contribution < -0.4 is 15.5 Å². The van der Waals surface area contributed by atoms with E-state index in [0.717, 1.165) is 37.3 Å². The summed E-state index contributed by atoms with van der Waals surface area (Å²) < 4.78 is 0. The number of hydrogen-bond donors (Lipinski definition) is 2. The highest BCUT2D eigenvalue weighted by atomic mass is 35.5. The molecule has 1 fully saturated rings. The fourth-order valence-electron chi connectivity index (χ4n) is 4.16. The summed E-state index contributed by atoms with van der Waals surface area (Å²) in [6, 6.07) is 15.4. The van der Waals surface area contributed by atoms with Crippen molar-refractivity contribution in [2.24, 2.45) is 0 Å². The van der Waals surface area contributed by atoms with E-state index in [0.29, 0.717) is 33.4 Å². The second kappa shape index (κ2) is 10.3. The van der Waals surface area contributed by atoms with Gasteiger partial charge in [-0.2, -0.15) is 0 Å². The van der Waals surface area contributed by atoms with E-state index in [1.54, 1.807) is 30.6 Å². The third-order valence-corrected chi connectivity index (χ3v) is 6.48. The summed E-state index contributed by atoms with van der Waals surface area (Å²) in [5, 5.41) is 7.38. The number of anilines is 4. The van der Waals surface area contributed by atoms with Gasteiger partial charge in [-0.05, 0) is 61.7 Å². The summed E-state index contributed by atoms with van der Waals surface area (Å²) >= 11 is 6.60. The predicted molar refractivity (Wildman–Crippen MR) is 146 cm³/mol. The van der Waals surface area contributed by atoms with Gasteiger partial charge in [0.1, 0.15) is 0 Å². The number of benzene rings is 2. The number of aromatic nitrogens is 3. The largest absolute Gasteiger partial charge is 0.369 e. The van der Waals surface area contributed by atoms with Crippen LogP contribution in [0.3, 0.4) is 0 Å². The molecule has 0 saturated carbocycles. The van der Waals surface area contributed by atoms with Crippen LogP contribution in [-0.4, -0.2) is 59.0 Å². The number of amides is 1. The van der Waals surface area contributed by atoms with Crippen LogP contribution in [0.2, 0.25) is 5.02 Å². The fraction of sp³-hybridized carbons (Fsp3) is 0.185. The zero-order valence-corrected chi connectivity index (χ0v) is 20.7. The molecule has 5 rings (SSSR count). The highest BCUT2D eigenvalue weighted by Crippen LogP contribution is 2.34. The molecule has 2 N–H and O–H groups in total. The van der Waals surface area contributed by atoms with E-state index in [2.05, 4.69) is 56.2 Å². The van der Waals surface area contributed by atoms with E-state index < -0.39 is 0 Å². The molecule has 1 amide bonds. The normalized spacial score (nSPS) is 14.0. The first-order chi connectivity index (χ1) is 17.5. The van der Waals surface area contributed by atoms with Crippen molar-refractivity contribution in [3.63, 3.8) is 0 Å². The molecule has 2 aromatic heterocycles. The minimum Gasteiger partial charge on any atom is -0.369 e. The topological polar surface area (TPSA) is 86.3 Å². The minimum atomic E-state index is -0.302. The van der Waals surface area contributed by atoms with Crippen molar-refractivity contribution < 1.29 is 4.79 Å². The van der Waals surface area contributed by atoms with Crippen molar-refractivity contribution in [3.8, 4) is 11.3 Å². The lowest BCUT2D eigenvalue weighted by Gasteiger charge is -2.34. The first-order valence-electron chi connectivity index (χ1n) is 11.7. The average molecular weight is 500 g/mol. The standard InChI is InChI=1S/C27H26ClN7O/c1-3-24(36)31-20-10-11-29-23(16-20)25-22(28)9-4-18-17-30-27(33-26(18)25)32-19-5-7-21(8-6-19)35-14-12-34(2)13-15-35/h3-11,16-17H,1,12-15H2,2H3,(H,29,31,36)(H,30,32,33). The molecule has 9 heteroatoms. The van der Waals surface area contributed by atoms with Gasteiger partial charge in [-0.3, -0.25) is 9.78 Å². The van der Waals surface area contributed by atoms with Gasteiger partial charge in [0.25, 0.3) is 0 Å². The Labute approximate surface area is 214 Å². The molecule has 4 aromatic rings. The molecule has 1 aliphatic rings. The highest BCUT2D eigenvalue weighted by molar-refractivity contribution is 6.34. The van der Waals surface area contributed by atoms with E-state index in [4.69, 9.17) is 16.6 Å². The van der Waals surface area contributed by atoms with Crippen LogP contribution in [0, 0.1) is 0 Å². The van der Waals surface area contributed by atoms with Gasteiger partial charge in [0, 0.05) is 66.6 Å². The predicted octanol–water partition coefficient (Wildman–Crippen LogP) is 4.97. The van der Waals surface area contributed by atoms with Gasteiger partial charge in [-0.15, -0.1) is 0 Å². The molecule has 0 spiro atoms. The Morgan fingerprint density at radius 1 is 1.03 bits per heavy atom. The monoisotopic (exact) mass is 499 g/mol. The molecule has 0 radical (unpaired) electrons. The third kappa shape index (κ3) is 5.15. The number of hydrogen-bond acceptors (Lipinski definition) is 7. The highest BCUT2D eigenvalue weighted by Gasteiger charge is 2.16. The van der Waals surface area contributed by atoms with E-state index in [-0.39, 0.29) is 5.91 Å². The van der Waals surface area contributed by atoms with Gasteiger partial charge in [0.15, 0.2) is 0 Å². The summed E-state index contributed by atoms with van der Waals surface area (Å²) in [7, 11) is 2.15. The summed E-state index contributed by atoms with van der Waals surface area (Å²) in [5.41, 5.74) is 4.60. The summed E-state index contributed by atoms with van der Waals surface area (Å²) in [6.07, 6.45) is 4.59. The van der Waals surface area contributed by atoms with Gasteiger partial charge in [0.05, 0.1) is 16.2 Å². The molecule has 1 saturated heterocycles. The number of fused-ring (bicyclic) bond motifs is 1. The molecule has 2 aromatic carbocycles. The number of pyridine rings is 1. The third-order valence-electron chi connectivity index (χ3n) is 6.16. The van der Waals surface area contributed by atoms with Crippen LogP contribution in [0.15, 0.2) is 73.6 Å². The number of carbonyl (C=O) groups excluding carboxylic acids is 1. The zero-order chi connectivity index (χ0) is 25.1. The molecule has 1 aliphatic heterocycles. The Morgan fingerprint density at radius 3 is 2.56 bits per heavy atom. The first kappa shape index (κ1) is 23.7. The maximum Gasteiger partial charge on any atom is 0.247 e. The smallest absolute Gasteiger partial charge is 0.247 e. The number of likely N-dealkylation sites (N-methyl/N-ethyl adjacent to an activating group) is 1. The van der Waals surface area contributed by atoms with Gasteiger partial charge in [-0.1, -0.05) is 18.2 Å². The Hall–Kier alpha value is -4.01. The number of nitrogens with one attached hydrogen (secondary N) is 2. The number of nitrogens with zero attached hydrogens (tertiary/aromatic N) is 5. The van der Waals surface area contributed by atoms with Crippen molar-refractivity contribution in [2.75, 3.05) is 48.8 Å². The van der Waals surface area contributed by atoms with E-state index in [9.17, 15) is 4.79 Å². The Bertz CT molecular complexity index is 1420. The number of halogens is 1. The lowest BCUT2D eigenvalue weighted by molar-refractivity contribution is -0.111. The lowest BCUT2D eigenvalue weighted by Crippen LogP contribution is -2.44. The van der Waals surface area contributed by atoms with E-state index >= 15 is 0 Å². The van der Waals surface area contributed by atoms with Crippen LogP contribution >= 0.6 is 11.6 Å². The Balaban J connectivity index is 1.43. The van der Waals surface area contributed by atoms with Gasteiger partial charge < -0.3 is 20.4 Å². The molecular formula is C27H26ClN7O. The quantitative estimate of drug-likeness (QED) is 0.362. The maximum atomic E-state index is 11.7. The number of piperazine rings is 1. The van der Waals surface area contributed by atoms with Crippen LogP contribution in [-0.2, 0) is 4.79 Å². The van der Waals surface area contributed by atoms with Crippen molar-refractivity contribution in [3.05, 3.63) is 78.6 Å². The molecule has 182 valence electrons. The molecule has 0 atom stereocenters.